The van der Waals surface area contributed by atoms with Gasteiger partial charge in [0.1, 0.15) is 0 Å². The highest BCUT2D eigenvalue weighted by molar-refractivity contribution is 5.65. The summed E-state index contributed by atoms with van der Waals surface area (Å²) in [4.78, 5) is 10.4. The van der Waals surface area contributed by atoms with Crippen LogP contribution in [-0.2, 0) is 31.8 Å². The predicted octanol–water partition coefficient (Wildman–Crippen LogP) is 3.64. The zero-order valence-electron chi connectivity index (χ0n) is 14.6. The van der Waals surface area contributed by atoms with Crippen LogP contribution in [0.3, 0.4) is 0 Å². The molecule has 0 fully saturated rings. The number of hydrogen-bond donors (Lipinski definition) is 0. The molecule has 2 aromatic carbocycles. The molecule has 0 bridgehead atoms. The SMILES string of the molecule is CC(=O)OCCc1ccccc1.COC(Cc1ccccc1)OC. The summed E-state index contributed by atoms with van der Waals surface area (Å²) in [7, 11) is 3.30. The van der Waals surface area contributed by atoms with Crippen molar-refractivity contribution < 1.29 is 19.0 Å². The number of methoxy groups -OCH3 is 2. The minimum Gasteiger partial charge on any atom is -0.466 e. The number of carbonyl (C=O) groups excluding carboxylic acids is 1. The third-order valence-corrected chi connectivity index (χ3v) is 3.31. The van der Waals surface area contributed by atoms with Crippen LogP contribution >= 0.6 is 0 Å². The molecule has 0 unspecified atom stereocenters. The largest absolute Gasteiger partial charge is 0.466 e. The zero-order chi connectivity index (χ0) is 17.6. The number of ether oxygens (including phenoxy) is 3. The second-order valence-electron chi connectivity index (χ2n) is 5.17. The summed E-state index contributed by atoms with van der Waals surface area (Å²) in [5.74, 6) is -0.217. The summed E-state index contributed by atoms with van der Waals surface area (Å²) in [6.07, 6.45) is 1.46. The molecule has 2 rings (SSSR count). The Morgan fingerprint density at radius 2 is 1.38 bits per heavy atom. The summed E-state index contributed by atoms with van der Waals surface area (Å²) in [5.41, 5.74) is 2.42. The lowest BCUT2D eigenvalue weighted by Crippen LogP contribution is -2.15. The molecule has 0 aromatic heterocycles. The third kappa shape index (κ3) is 9.08. The van der Waals surface area contributed by atoms with E-state index < -0.39 is 0 Å². The molecule has 0 aliphatic heterocycles. The van der Waals surface area contributed by atoms with Crippen LogP contribution in [-0.4, -0.2) is 33.1 Å². The van der Waals surface area contributed by atoms with Gasteiger partial charge in [-0.3, -0.25) is 4.79 Å². The van der Waals surface area contributed by atoms with E-state index in [1.54, 1.807) is 14.2 Å². The molecule has 0 heterocycles. The smallest absolute Gasteiger partial charge is 0.302 e. The molecular weight excluding hydrogens is 304 g/mol. The van der Waals surface area contributed by atoms with Crippen molar-refractivity contribution in [1.29, 1.82) is 0 Å². The van der Waals surface area contributed by atoms with Crippen molar-refractivity contribution in [2.24, 2.45) is 0 Å². The lowest BCUT2D eigenvalue weighted by Gasteiger charge is -2.12. The zero-order valence-corrected chi connectivity index (χ0v) is 14.6. The molecule has 0 atom stereocenters. The fourth-order valence-electron chi connectivity index (χ4n) is 2.03. The highest BCUT2D eigenvalue weighted by Gasteiger charge is 2.04. The second-order valence-corrected chi connectivity index (χ2v) is 5.17. The van der Waals surface area contributed by atoms with Gasteiger partial charge in [-0.25, -0.2) is 0 Å². The highest BCUT2D eigenvalue weighted by atomic mass is 16.7. The van der Waals surface area contributed by atoms with E-state index in [0.717, 1.165) is 12.8 Å². The van der Waals surface area contributed by atoms with Crippen molar-refractivity contribution in [2.75, 3.05) is 20.8 Å². The molecule has 24 heavy (non-hydrogen) atoms. The average molecular weight is 330 g/mol. The summed E-state index contributed by atoms with van der Waals surface area (Å²) in [6.45, 7) is 1.89. The minimum absolute atomic E-state index is 0.132. The normalized spacial score (nSPS) is 10.0. The van der Waals surface area contributed by atoms with Gasteiger partial charge in [-0.15, -0.1) is 0 Å². The van der Waals surface area contributed by atoms with Crippen molar-refractivity contribution in [3.8, 4) is 0 Å². The maximum absolute atomic E-state index is 10.4. The van der Waals surface area contributed by atoms with Crippen LogP contribution in [0.4, 0.5) is 0 Å². The van der Waals surface area contributed by atoms with E-state index in [2.05, 4.69) is 12.1 Å². The molecule has 0 aliphatic carbocycles. The van der Waals surface area contributed by atoms with Gasteiger partial charge in [0.15, 0.2) is 6.29 Å². The predicted molar refractivity (Wildman–Crippen MR) is 94.7 cm³/mol. The lowest BCUT2D eigenvalue weighted by atomic mass is 10.1. The first kappa shape index (κ1) is 19.9. The van der Waals surface area contributed by atoms with E-state index in [1.165, 1.54) is 18.1 Å². The number of carbonyl (C=O) groups is 1. The van der Waals surface area contributed by atoms with Crippen molar-refractivity contribution in [3.05, 3.63) is 71.8 Å². The van der Waals surface area contributed by atoms with E-state index in [9.17, 15) is 4.79 Å². The summed E-state index contributed by atoms with van der Waals surface area (Å²) in [6, 6.07) is 20.1. The van der Waals surface area contributed by atoms with Gasteiger partial charge < -0.3 is 14.2 Å². The minimum atomic E-state index is -0.217. The monoisotopic (exact) mass is 330 g/mol. The average Bonchev–Trinajstić information content (AvgIpc) is 2.62. The molecule has 0 N–H and O–H groups in total. The van der Waals surface area contributed by atoms with E-state index in [-0.39, 0.29) is 12.3 Å². The fraction of sp³-hybridized carbons (Fsp3) is 0.350. The van der Waals surface area contributed by atoms with Gasteiger partial charge in [0, 0.05) is 34.0 Å². The molecule has 0 saturated carbocycles. The molecular formula is C20H26O4. The van der Waals surface area contributed by atoms with Gasteiger partial charge in [0.25, 0.3) is 0 Å². The summed E-state index contributed by atoms with van der Waals surface area (Å²) >= 11 is 0. The molecule has 4 heteroatoms. The van der Waals surface area contributed by atoms with Crippen LogP contribution in [0.15, 0.2) is 60.7 Å². The fourth-order valence-corrected chi connectivity index (χ4v) is 2.03. The molecule has 2 aromatic rings. The van der Waals surface area contributed by atoms with Crippen LogP contribution in [0.2, 0.25) is 0 Å². The first-order chi connectivity index (χ1) is 11.7. The molecule has 0 amide bonds. The second kappa shape index (κ2) is 12.3. The Bertz CT molecular complexity index is 550. The van der Waals surface area contributed by atoms with Crippen molar-refractivity contribution in [1.82, 2.24) is 0 Å². The van der Waals surface area contributed by atoms with E-state index in [4.69, 9.17) is 14.2 Å². The Morgan fingerprint density at radius 1 is 0.875 bits per heavy atom. The standard InChI is InChI=1S/C10H14O2.C10H12O2/c1-11-10(12-2)8-9-6-4-3-5-7-9;1-9(11)12-8-7-10-5-3-2-4-6-10/h3-7,10H,8H2,1-2H3;2-6H,7-8H2,1H3. The van der Waals surface area contributed by atoms with Gasteiger partial charge in [-0.05, 0) is 11.1 Å². The van der Waals surface area contributed by atoms with Crippen LogP contribution < -0.4 is 0 Å². The maximum Gasteiger partial charge on any atom is 0.302 e. The van der Waals surface area contributed by atoms with E-state index >= 15 is 0 Å². The van der Waals surface area contributed by atoms with E-state index in [1.807, 2.05) is 48.5 Å². The van der Waals surface area contributed by atoms with Crippen LogP contribution in [0.25, 0.3) is 0 Å². The topological polar surface area (TPSA) is 44.8 Å². The van der Waals surface area contributed by atoms with Crippen LogP contribution in [0, 0.1) is 0 Å². The number of rotatable bonds is 7. The molecule has 0 saturated heterocycles. The number of benzene rings is 2. The third-order valence-electron chi connectivity index (χ3n) is 3.31. The molecule has 0 aliphatic rings. The maximum atomic E-state index is 10.4. The van der Waals surface area contributed by atoms with E-state index in [0.29, 0.717) is 6.61 Å². The first-order valence-electron chi connectivity index (χ1n) is 7.92. The molecule has 0 radical (unpaired) electrons. The summed E-state index contributed by atoms with van der Waals surface area (Å²) in [5, 5.41) is 0. The quantitative estimate of drug-likeness (QED) is 0.574. The molecule has 4 nitrogen and oxygen atoms in total. The summed E-state index contributed by atoms with van der Waals surface area (Å²) < 4.78 is 15.0. The van der Waals surface area contributed by atoms with Crippen molar-refractivity contribution >= 4 is 5.97 Å². The van der Waals surface area contributed by atoms with Crippen molar-refractivity contribution in [3.63, 3.8) is 0 Å². The van der Waals surface area contributed by atoms with Gasteiger partial charge in [0.2, 0.25) is 0 Å². The van der Waals surface area contributed by atoms with Gasteiger partial charge in [-0.2, -0.15) is 0 Å². The Morgan fingerprint density at radius 3 is 1.83 bits per heavy atom. The Labute approximate surface area is 144 Å². The Hall–Kier alpha value is -2.17. The molecule has 130 valence electrons. The van der Waals surface area contributed by atoms with Crippen LogP contribution in [0.1, 0.15) is 18.1 Å². The first-order valence-corrected chi connectivity index (χ1v) is 7.92. The number of hydrogen-bond acceptors (Lipinski definition) is 4. The Kier molecular flexibility index (Phi) is 10.2. The van der Waals surface area contributed by atoms with Gasteiger partial charge in [0.05, 0.1) is 6.61 Å². The van der Waals surface area contributed by atoms with Gasteiger partial charge >= 0.3 is 5.97 Å². The molecule has 0 spiro atoms. The number of esters is 1. The van der Waals surface area contributed by atoms with Gasteiger partial charge in [-0.1, -0.05) is 60.7 Å². The van der Waals surface area contributed by atoms with Crippen LogP contribution in [0.5, 0.6) is 0 Å². The Balaban J connectivity index is 0.000000240. The lowest BCUT2D eigenvalue weighted by molar-refractivity contribution is -0.140. The van der Waals surface area contributed by atoms with Crippen molar-refractivity contribution in [2.45, 2.75) is 26.1 Å². The highest BCUT2D eigenvalue weighted by Crippen LogP contribution is 2.05.